The van der Waals surface area contributed by atoms with Crippen molar-refractivity contribution in [2.75, 3.05) is 0 Å². The number of aromatic nitrogens is 1. The highest BCUT2D eigenvalue weighted by Crippen LogP contribution is 2.16. The Labute approximate surface area is 165 Å². The molecule has 1 radical (unpaired) electrons. The normalized spacial score (nSPS) is 10.9. The number of hydrogen-bond acceptors (Lipinski definition) is 3. The van der Waals surface area contributed by atoms with Crippen molar-refractivity contribution >= 4 is 5.97 Å². The Hall–Kier alpha value is -1.45. The zero-order chi connectivity index (χ0) is 19.6. The molecule has 0 aliphatic carbocycles. The number of pyridine rings is 1. The van der Waals surface area contributed by atoms with Crippen LogP contribution < -0.4 is 4.74 Å². The molecule has 0 amide bonds. The zero-order valence-corrected chi connectivity index (χ0v) is 17.1. The Morgan fingerprint density at radius 1 is 0.889 bits per heavy atom. The summed E-state index contributed by atoms with van der Waals surface area (Å²) in [7, 11) is 0. The number of nitrogens with zero attached hydrogens (tertiary/aromatic N) is 1. The second-order valence-electron chi connectivity index (χ2n) is 7.42. The molecule has 1 aromatic rings. The molecular formula is C23H37FNO2. The van der Waals surface area contributed by atoms with Crippen LogP contribution >= 0.6 is 0 Å². The number of halogens is 1. The fraction of sp³-hybridized carbons (Fsp3) is 0.739. The third-order valence-corrected chi connectivity index (χ3v) is 4.89. The molecule has 1 aromatic heterocycles. The van der Waals surface area contributed by atoms with Gasteiger partial charge in [0.25, 0.3) is 0 Å². The predicted octanol–water partition coefficient (Wildman–Crippen LogP) is 7.19. The highest BCUT2D eigenvalue weighted by Gasteiger charge is 2.08. The lowest BCUT2D eigenvalue weighted by atomic mass is 10.0. The van der Waals surface area contributed by atoms with Crippen LogP contribution in [0.1, 0.15) is 110 Å². The van der Waals surface area contributed by atoms with Gasteiger partial charge in [0.15, 0.2) is 11.6 Å². The molecule has 153 valence electrons. The summed E-state index contributed by atoms with van der Waals surface area (Å²) >= 11 is 0. The van der Waals surface area contributed by atoms with Gasteiger partial charge in [-0.2, -0.15) is 0 Å². The van der Waals surface area contributed by atoms with Gasteiger partial charge in [0.2, 0.25) is 0 Å². The maximum Gasteiger partial charge on any atom is 0.311 e. The molecule has 0 aliphatic heterocycles. The van der Waals surface area contributed by atoms with Crippen molar-refractivity contribution in [1.82, 2.24) is 4.98 Å². The topological polar surface area (TPSA) is 39.2 Å². The van der Waals surface area contributed by atoms with Crippen molar-refractivity contribution in [3.63, 3.8) is 0 Å². The third-order valence-electron chi connectivity index (χ3n) is 4.89. The Bertz CT molecular complexity index is 493. The minimum absolute atomic E-state index is 0.0871. The number of unbranched alkanes of at least 4 members (excludes halogenated alkanes) is 14. The van der Waals surface area contributed by atoms with Crippen LogP contribution in [-0.2, 0) is 4.79 Å². The van der Waals surface area contributed by atoms with Crippen molar-refractivity contribution in [2.45, 2.75) is 110 Å². The van der Waals surface area contributed by atoms with E-state index in [4.69, 9.17) is 4.74 Å². The smallest absolute Gasteiger partial charge is 0.311 e. The monoisotopic (exact) mass is 378 g/mol. The molecule has 0 spiro atoms. The maximum absolute atomic E-state index is 13.3. The van der Waals surface area contributed by atoms with Crippen molar-refractivity contribution in [1.29, 1.82) is 0 Å². The number of ether oxygens (including phenoxy) is 1. The SMILES string of the molecule is CCCCCCCCCCCCCCCCCC(=O)Oc1c[c]ncc1F. The first-order valence-electron chi connectivity index (χ1n) is 11.0. The fourth-order valence-electron chi connectivity index (χ4n) is 3.21. The summed E-state index contributed by atoms with van der Waals surface area (Å²) < 4.78 is 18.3. The second-order valence-corrected chi connectivity index (χ2v) is 7.42. The van der Waals surface area contributed by atoms with Crippen LogP contribution in [0.25, 0.3) is 0 Å². The van der Waals surface area contributed by atoms with Crippen molar-refractivity contribution in [3.05, 3.63) is 24.3 Å². The molecule has 0 bridgehead atoms. The van der Waals surface area contributed by atoms with E-state index in [0.29, 0.717) is 6.42 Å². The third kappa shape index (κ3) is 13.4. The van der Waals surface area contributed by atoms with Gasteiger partial charge in [-0.3, -0.25) is 9.78 Å². The average Bonchev–Trinajstić information content (AvgIpc) is 2.66. The summed E-state index contributed by atoms with van der Waals surface area (Å²) in [5.41, 5.74) is 0. The lowest BCUT2D eigenvalue weighted by Crippen LogP contribution is -2.08. The molecule has 0 saturated carbocycles. The largest absolute Gasteiger partial charge is 0.423 e. The Morgan fingerprint density at radius 2 is 1.37 bits per heavy atom. The predicted molar refractivity (Wildman–Crippen MR) is 108 cm³/mol. The fourth-order valence-corrected chi connectivity index (χ4v) is 3.21. The summed E-state index contributed by atoms with van der Waals surface area (Å²) in [4.78, 5) is 15.2. The summed E-state index contributed by atoms with van der Waals surface area (Å²) in [5.74, 6) is -1.10. The van der Waals surface area contributed by atoms with E-state index in [2.05, 4.69) is 18.1 Å². The molecule has 0 fully saturated rings. The first-order valence-corrected chi connectivity index (χ1v) is 11.0. The van der Waals surface area contributed by atoms with Crippen LogP contribution in [0.2, 0.25) is 0 Å². The average molecular weight is 379 g/mol. The van der Waals surface area contributed by atoms with E-state index in [9.17, 15) is 9.18 Å². The number of carbonyl (C=O) groups excluding carboxylic acids is 1. The van der Waals surface area contributed by atoms with Crippen LogP contribution in [-0.4, -0.2) is 11.0 Å². The minimum Gasteiger partial charge on any atom is -0.423 e. The van der Waals surface area contributed by atoms with E-state index in [1.807, 2.05) is 0 Å². The van der Waals surface area contributed by atoms with E-state index >= 15 is 0 Å². The van der Waals surface area contributed by atoms with E-state index in [-0.39, 0.29) is 11.7 Å². The molecule has 1 rings (SSSR count). The van der Waals surface area contributed by atoms with Crippen LogP contribution in [0.3, 0.4) is 0 Å². The van der Waals surface area contributed by atoms with Gasteiger partial charge in [-0.25, -0.2) is 4.39 Å². The van der Waals surface area contributed by atoms with E-state index in [1.54, 1.807) is 0 Å². The minimum atomic E-state index is -0.626. The zero-order valence-electron chi connectivity index (χ0n) is 17.1. The first kappa shape index (κ1) is 23.6. The quantitative estimate of drug-likeness (QED) is 0.213. The summed E-state index contributed by atoms with van der Waals surface area (Å²) in [6.45, 7) is 2.26. The molecule has 1 heterocycles. The van der Waals surface area contributed by atoms with Crippen molar-refractivity contribution < 1.29 is 13.9 Å². The van der Waals surface area contributed by atoms with Gasteiger partial charge in [0.1, 0.15) is 0 Å². The Morgan fingerprint density at radius 3 is 1.85 bits per heavy atom. The number of rotatable bonds is 17. The Kier molecular flexibility index (Phi) is 14.6. The highest BCUT2D eigenvalue weighted by molar-refractivity contribution is 5.72. The van der Waals surface area contributed by atoms with Crippen molar-refractivity contribution in [3.8, 4) is 5.75 Å². The number of carbonyl (C=O) groups is 1. The van der Waals surface area contributed by atoms with Gasteiger partial charge in [0, 0.05) is 12.5 Å². The summed E-state index contributed by atoms with van der Waals surface area (Å²) in [6.07, 6.45) is 23.1. The molecule has 0 atom stereocenters. The first-order chi connectivity index (χ1) is 13.2. The molecule has 0 saturated heterocycles. The van der Waals surface area contributed by atoms with E-state index < -0.39 is 5.82 Å². The van der Waals surface area contributed by atoms with Gasteiger partial charge in [-0.1, -0.05) is 96.8 Å². The van der Waals surface area contributed by atoms with E-state index in [0.717, 1.165) is 25.5 Å². The summed E-state index contributed by atoms with van der Waals surface area (Å²) in [6, 6.07) is 1.25. The molecule has 0 aliphatic rings. The molecule has 0 aromatic carbocycles. The molecule has 4 heteroatoms. The molecule has 3 nitrogen and oxygen atoms in total. The molecule has 0 unspecified atom stereocenters. The number of esters is 1. The van der Waals surface area contributed by atoms with E-state index in [1.165, 1.54) is 83.1 Å². The Balaban J connectivity index is 1.82. The van der Waals surface area contributed by atoms with Gasteiger partial charge >= 0.3 is 5.97 Å². The van der Waals surface area contributed by atoms with Crippen molar-refractivity contribution in [2.24, 2.45) is 0 Å². The standard InChI is InChI=1S/C23H37FNO2/c1-2-3-4-5-6-7-8-9-10-11-12-13-14-15-16-17-23(26)27-22-18-19-25-20-21(22)24/h18,20H,2-17H2,1H3. The molecule has 0 N–H and O–H groups in total. The number of hydrogen-bond donors (Lipinski definition) is 0. The second kappa shape index (κ2) is 16.7. The molecule has 27 heavy (non-hydrogen) atoms. The lowest BCUT2D eigenvalue weighted by Gasteiger charge is -2.05. The van der Waals surface area contributed by atoms with Crippen LogP contribution in [0.15, 0.2) is 12.3 Å². The van der Waals surface area contributed by atoms with Crippen LogP contribution in [0.5, 0.6) is 5.75 Å². The van der Waals surface area contributed by atoms with Crippen LogP contribution in [0, 0.1) is 12.0 Å². The van der Waals surface area contributed by atoms with Gasteiger partial charge < -0.3 is 4.74 Å². The molecular weight excluding hydrogens is 341 g/mol. The van der Waals surface area contributed by atoms with Crippen LogP contribution in [0.4, 0.5) is 4.39 Å². The summed E-state index contributed by atoms with van der Waals surface area (Å²) in [5, 5.41) is 0. The maximum atomic E-state index is 13.3. The van der Waals surface area contributed by atoms with Gasteiger partial charge in [0.05, 0.1) is 12.4 Å². The lowest BCUT2D eigenvalue weighted by molar-refractivity contribution is -0.134. The highest BCUT2D eigenvalue weighted by atomic mass is 19.1. The van der Waals surface area contributed by atoms with Gasteiger partial charge in [-0.05, 0) is 6.42 Å². The van der Waals surface area contributed by atoms with Gasteiger partial charge in [-0.15, -0.1) is 0 Å².